The van der Waals surface area contributed by atoms with Gasteiger partial charge in [-0.2, -0.15) is 0 Å². The molecule has 1 N–H and O–H groups in total. The average molecular weight is 352 g/mol. The van der Waals surface area contributed by atoms with E-state index in [1.165, 1.54) is 13.2 Å². The molecule has 0 bridgehead atoms. The highest BCUT2D eigenvalue weighted by atomic mass is 32.2. The maximum absolute atomic E-state index is 12.1. The molecule has 8 heteroatoms. The third kappa shape index (κ3) is 4.98. The zero-order valence-corrected chi connectivity index (χ0v) is 14.3. The molecular weight excluding hydrogens is 336 g/mol. The van der Waals surface area contributed by atoms with Crippen LogP contribution >= 0.6 is 11.3 Å². The molecule has 0 aliphatic heterocycles. The van der Waals surface area contributed by atoms with E-state index in [-0.39, 0.29) is 11.5 Å². The Morgan fingerprint density at radius 1 is 1.35 bits per heavy atom. The summed E-state index contributed by atoms with van der Waals surface area (Å²) >= 11 is 1.11. The van der Waals surface area contributed by atoms with E-state index in [0.29, 0.717) is 10.7 Å². The van der Waals surface area contributed by atoms with Gasteiger partial charge in [0, 0.05) is 7.11 Å². The number of rotatable bonds is 6. The quantitative estimate of drug-likeness (QED) is 0.862. The predicted octanol–water partition coefficient (Wildman–Crippen LogP) is 2.33. The van der Waals surface area contributed by atoms with Crippen LogP contribution in [0.3, 0.4) is 0 Å². The maximum atomic E-state index is 12.1. The number of benzene rings is 1. The fourth-order valence-corrected chi connectivity index (χ4v) is 3.55. The Bertz CT molecular complexity index is 811. The van der Waals surface area contributed by atoms with Crippen LogP contribution in [0.1, 0.15) is 25.9 Å². The van der Waals surface area contributed by atoms with Crippen molar-refractivity contribution in [2.75, 3.05) is 7.11 Å². The van der Waals surface area contributed by atoms with Gasteiger partial charge >= 0.3 is 0 Å². The van der Waals surface area contributed by atoms with E-state index in [1.54, 1.807) is 31.2 Å². The molecule has 0 radical (unpaired) electrons. The minimum Gasteiger partial charge on any atom is -0.378 e. The number of amides is 1. The lowest BCUT2D eigenvalue weighted by molar-refractivity contribution is 0.0985. The molecule has 0 saturated carbocycles. The van der Waals surface area contributed by atoms with Crippen LogP contribution in [0.2, 0.25) is 0 Å². The summed E-state index contributed by atoms with van der Waals surface area (Å²) in [5, 5.41) is 1.58. The lowest BCUT2D eigenvalue weighted by Gasteiger charge is -2.01. The Labute approximate surface area is 138 Å². The molecule has 0 aliphatic rings. The van der Waals surface area contributed by atoms with Crippen molar-refractivity contribution in [3.05, 3.63) is 56.9 Å². The Balaban J connectivity index is 2.11. The molecule has 0 fully saturated rings. The number of carbonyl (C=O) groups is 1. The number of methoxy groups -OCH3 is 1. The van der Waals surface area contributed by atoms with E-state index in [2.05, 4.69) is 4.98 Å². The summed E-state index contributed by atoms with van der Waals surface area (Å²) in [6.45, 7) is 1.93. The van der Waals surface area contributed by atoms with E-state index in [0.717, 1.165) is 22.3 Å². The third-order valence-electron chi connectivity index (χ3n) is 2.79. The summed E-state index contributed by atoms with van der Waals surface area (Å²) < 4.78 is 30.9. The van der Waals surface area contributed by atoms with Crippen LogP contribution in [0.15, 0.2) is 35.7 Å². The standard InChI is InChI=1S/C15H16N2O4S2/c1-11-14(22-13(16-11)10-21-2)15(18)17-23(19,20)9-8-12-6-4-3-5-7-12/h3-9H,10H2,1-2H3,(H,17,18)/b9-8+. The van der Waals surface area contributed by atoms with Crippen LogP contribution in [-0.4, -0.2) is 26.4 Å². The van der Waals surface area contributed by atoms with E-state index in [4.69, 9.17) is 4.74 Å². The monoisotopic (exact) mass is 352 g/mol. The Morgan fingerprint density at radius 2 is 2.04 bits per heavy atom. The summed E-state index contributed by atoms with van der Waals surface area (Å²) in [7, 11) is -2.36. The molecule has 122 valence electrons. The second-order valence-corrected chi connectivity index (χ2v) is 7.29. The molecule has 1 aromatic heterocycles. The zero-order chi connectivity index (χ0) is 16.9. The third-order valence-corrected chi connectivity index (χ3v) is 4.88. The fourth-order valence-electron chi connectivity index (χ4n) is 1.79. The average Bonchev–Trinajstić information content (AvgIpc) is 2.87. The topological polar surface area (TPSA) is 85.4 Å². The number of sulfonamides is 1. The Kier molecular flexibility index (Phi) is 5.64. The summed E-state index contributed by atoms with van der Waals surface area (Å²) in [5.41, 5.74) is 1.20. The highest BCUT2D eigenvalue weighted by Crippen LogP contribution is 2.19. The normalized spacial score (nSPS) is 11.7. The first kappa shape index (κ1) is 17.3. The summed E-state index contributed by atoms with van der Waals surface area (Å²) in [6.07, 6.45) is 1.42. The molecule has 0 atom stereocenters. The van der Waals surface area contributed by atoms with Gasteiger partial charge in [-0.1, -0.05) is 30.3 Å². The molecule has 23 heavy (non-hydrogen) atoms. The van der Waals surface area contributed by atoms with Crippen molar-refractivity contribution in [2.45, 2.75) is 13.5 Å². The van der Waals surface area contributed by atoms with Crippen LogP contribution < -0.4 is 4.72 Å². The second kappa shape index (κ2) is 7.49. The molecule has 0 saturated heterocycles. The molecule has 1 amide bonds. The number of nitrogens with zero attached hydrogens (tertiary/aromatic N) is 1. The Hall–Kier alpha value is -2.03. The van der Waals surface area contributed by atoms with Gasteiger partial charge in [0.2, 0.25) is 0 Å². The van der Waals surface area contributed by atoms with Gasteiger partial charge in [-0.05, 0) is 18.6 Å². The van der Waals surface area contributed by atoms with Gasteiger partial charge in [0.25, 0.3) is 15.9 Å². The lowest BCUT2D eigenvalue weighted by Crippen LogP contribution is -2.28. The molecule has 1 heterocycles. The smallest absolute Gasteiger partial charge is 0.276 e. The summed E-state index contributed by atoms with van der Waals surface area (Å²) in [5.74, 6) is -0.694. The molecule has 6 nitrogen and oxygen atoms in total. The van der Waals surface area contributed by atoms with Crippen molar-refractivity contribution in [2.24, 2.45) is 0 Å². The number of ether oxygens (including phenoxy) is 1. The molecule has 0 spiro atoms. The molecule has 1 aromatic carbocycles. The van der Waals surface area contributed by atoms with Crippen LogP contribution in [0.4, 0.5) is 0 Å². The molecule has 2 rings (SSSR count). The summed E-state index contributed by atoms with van der Waals surface area (Å²) in [6, 6.07) is 8.94. The van der Waals surface area contributed by atoms with E-state index in [9.17, 15) is 13.2 Å². The highest BCUT2D eigenvalue weighted by molar-refractivity contribution is 7.93. The van der Waals surface area contributed by atoms with Crippen LogP contribution in [0, 0.1) is 6.92 Å². The van der Waals surface area contributed by atoms with Gasteiger partial charge in [-0.15, -0.1) is 11.3 Å². The SMILES string of the molecule is COCc1nc(C)c(C(=O)NS(=O)(=O)/C=C/c2ccccc2)s1. The number of nitrogens with one attached hydrogen (secondary N) is 1. The van der Waals surface area contributed by atoms with Crippen molar-refractivity contribution < 1.29 is 17.9 Å². The van der Waals surface area contributed by atoms with Crippen LogP contribution in [0.25, 0.3) is 6.08 Å². The van der Waals surface area contributed by atoms with Gasteiger partial charge in [0.1, 0.15) is 9.88 Å². The minimum absolute atomic E-state index is 0.258. The number of carbonyl (C=O) groups excluding carboxylic acids is 1. The molecular formula is C15H16N2O4S2. The predicted molar refractivity (Wildman–Crippen MR) is 89.4 cm³/mol. The largest absolute Gasteiger partial charge is 0.378 e. The van der Waals surface area contributed by atoms with Gasteiger partial charge in [-0.25, -0.2) is 18.1 Å². The first-order valence-electron chi connectivity index (χ1n) is 6.67. The van der Waals surface area contributed by atoms with Gasteiger partial charge in [0.15, 0.2) is 0 Å². The number of hydrogen-bond donors (Lipinski definition) is 1. The minimum atomic E-state index is -3.88. The fraction of sp³-hybridized carbons (Fsp3) is 0.200. The molecule has 2 aromatic rings. The van der Waals surface area contributed by atoms with Crippen molar-refractivity contribution in [3.63, 3.8) is 0 Å². The number of aromatic nitrogens is 1. The Morgan fingerprint density at radius 3 is 2.70 bits per heavy atom. The van der Waals surface area contributed by atoms with Crippen molar-refractivity contribution in [3.8, 4) is 0 Å². The van der Waals surface area contributed by atoms with Gasteiger partial charge in [0.05, 0.1) is 17.7 Å². The molecule has 0 aliphatic carbocycles. The van der Waals surface area contributed by atoms with E-state index in [1.807, 2.05) is 10.8 Å². The lowest BCUT2D eigenvalue weighted by atomic mass is 10.2. The first-order chi connectivity index (χ1) is 10.9. The van der Waals surface area contributed by atoms with E-state index < -0.39 is 15.9 Å². The van der Waals surface area contributed by atoms with Gasteiger partial charge in [-0.3, -0.25) is 4.79 Å². The van der Waals surface area contributed by atoms with Crippen molar-refractivity contribution >= 4 is 33.3 Å². The van der Waals surface area contributed by atoms with Crippen molar-refractivity contribution in [1.82, 2.24) is 9.71 Å². The van der Waals surface area contributed by atoms with Gasteiger partial charge < -0.3 is 4.74 Å². The second-order valence-electron chi connectivity index (χ2n) is 4.64. The van der Waals surface area contributed by atoms with E-state index >= 15 is 0 Å². The zero-order valence-electron chi connectivity index (χ0n) is 12.6. The summed E-state index contributed by atoms with van der Waals surface area (Å²) in [4.78, 5) is 16.5. The van der Waals surface area contributed by atoms with Crippen LogP contribution in [0.5, 0.6) is 0 Å². The molecule has 0 unspecified atom stereocenters. The first-order valence-corrected chi connectivity index (χ1v) is 9.03. The van der Waals surface area contributed by atoms with Crippen LogP contribution in [-0.2, 0) is 21.4 Å². The number of thiazole rings is 1. The number of hydrogen-bond acceptors (Lipinski definition) is 6. The highest BCUT2D eigenvalue weighted by Gasteiger charge is 2.19. The maximum Gasteiger partial charge on any atom is 0.276 e. The van der Waals surface area contributed by atoms with Crippen molar-refractivity contribution in [1.29, 1.82) is 0 Å². The number of aryl methyl sites for hydroxylation is 1.